The van der Waals surface area contributed by atoms with Crippen LogP contribution in [0.1, 0.15) is 53.1 Å². The van der Waals surface area contributed by atoms with E-state index in [9.17, 15) is 18.4 Å². The highest BCUT2D eigenvalue weighted by atomic mass is 32.1. The van der Waals surface area contributed by atoms with Gasteiger partial charge in [0.25, 0.3) is 11.8 Å². The number of amides is 2. The molecule has 0 saturated heterocycles. The van der Waals surface area contributed by atoms with Crippen molar-refractivity contribution in [3.63, 3.8) is 0 Å². The summed E-state index contributed by atoms with van der Waals surface area (Å²) in [5.41, 5.74) is 13.1. The van der Waals surface area contributed by atoms with Crippen LogP contribution in [0.25, 0.3) is 27.1 Å². The molecule has 0 spiro atoms. The fraction of sp³-hybridized carbons (Fsp3) is 0.241. The van der Waals surface area contributed by atoms with E-state index in [0.29, 0.717) is 17.8 Å². The molecule has 0 aliphatic carbocycles. The number of nitrogens with two attached hydrogens (primary N) is 2. The smallest absolute Gasteiger partial charge is 0.268 e. The van der Waals surface area contributed by atoms with Crippen molar-refractivity contribution < 1.29 is 23.5 Å². The minimum atomic E-state index is -0.859. The van der Waals surface area contributed by atoms with Crippen LogP contribution in [0, 0.1) is 17.6 Å². The number of carbonyl (C=O) groups is 2. The minimum Gasteiger partial charge on any atom is -0.396 e. The quantitative estimate of drug-likeness (QED) is 0.205. The Morgan fingerprint density at radius 1 is 1.10 bits per heavy atom. The van der Waals surface area contributed by atoms with Crippen LogP contribution in [-0.2, 0) is 6.54 Å². The third kappa shape index (κ3) is 7.02. The zero-order valence-corrected chi connectivity index (χ0v) is 23.3. The van der Waals surface area contributed by atoms with Crippen molar-refractivity contribution in [2.24, 2.45) is 11.7 Å². The predicted molar refractivity (Wildman–Crippen MR) is 155 cm³/mol. The number of anilines is 1. The Hall–Kier alpha value is -4.42. The number of carbonyl (C=O) groups excluding carboxylic acids is 2. The number of fused-ring (bicyclic) bond motifs is 2. The first kappa shape index (κ1) is 29.6. The maximum Gasteiger partial charge on any atom is 0.268 e. The van der Waals surface area contributed by atoms with E-state index in [0.717, 1.165) is 46.7 Å². The fourth-order valence-corrected chi connectivity index (χ4v) is 5.04. The normalized spacial score (nSPS) is 11.1. The minimum absolute atomic E-state index is 0.0264. The SMILES string of the molecule is CC(C)CCCO.NC(=O)c1c(-c2cc(F)cc(F)c2)nc2c(C(=O)NCc3ccc4nc(N)sc4c3)cccn12. The zero-order chi connectivity index (χ0) is 29.7. The number of rotatable bonds is 8. The Balaban J connectivity index is 0.000000493. The van der Waals surface area contributed by atoms with E-state index in [1.165, 1.54) is 28.0 Å². The van der Waals surface area contributed by atoms with Gasteiger partial charge in [0.2, 0.25) is 0 Å². The predicted octanol–water partition coefficient (Wildman–Crippen LogP) is 4.92. The number of aliphatic hydroxyl groups excluding tert-OH is 1. The Morgan fingerprint density at radius 3 is 2.46 bits per heavy atom. The topological polar surface area (TPSA) is 149 Å². The number of hydrogen-bond donors (Lipinski definition) is 4. The van der Waals surface area contributed by atoms with Crippen molar-refractivity contribution in [3.05, 3.63) is 83.2 Å². The largest absolute Gasteiger partial charge is 0.396 e. The molecular weight excluding hydrogens is 550 g/mol. The zero-order valence-electron chi connectivity index (χ0n) is 22.5. The van der Waals surface area contributed by atoms with E-state index >= 15 is 0 Å². The Kier molecular flexibility index (Phi) is 9.25. The van der Waals surface area contributed by atoms with Crippen LogP contribution in [0.4, 0.5) is 13.9 Å². The Morgan fingerprint density at radius 2 is 1.83 bits per heavy atom. The lowest BCUT2D eigenvalue weighted by atomic mass is 10.1. The van der Waals surface area contributed by atoms with Crippen LogP contribution in [-0.4, -0.2) is 37.9 Å². The van der Waals surface area contributed by atoms with E-state index < -0.39 is 23.4 Å². The Labute approximate surface area is 238 Å². The first-order valence-electron chi connectivity index (χ1n) is 12.9. The highest BCUT2D eigenvalue weighted by molar-refractivity contribution is 7.22. The van der Waals surface area contributed by atoms with Crippen LogP contribution >= 0.6 is 11.3 Å². The first-order chi connectivity index (χ1) is 19.6. The molecule has 5 rings (SSSR count). The summed E-state index contributed by atoms with van der Waals surface area (Å²) in [6.07, 6.45) is 3.61. The summed E-state index contributed by atoms with van der Waals surface area (Å²) in [7, 11) is 0. The summed E-state index contributed by atoms with van der Waals surface area (Å²) >= 11 is 1.35. The third-order valence-corrected chi connectivity index (χ3v) is 6.97. The molecule has 3 heterocycles. The summed E-state index contributed by atoms with van der Waals surface area (Å²) in [5.74, 6) is -2.23. The molecule has 6 N–H and O–H groups in total. The van der Waals surface area contributed by atoms with Gasteiger partial charge in [-0.2, -0.15) is 0 Å². The van der Waals surface area contributed by atoms with Crippen molar-refractivity contribution in [3.8, 4) is 11.3 Å². The van der Waals surface area contributed by atoms with Crippen LogP contribution in [0.15, 0.2) is 54.7 Å². The number of primary amides is 1. The number of nitrogen functional groups attached to an aromatic ring is 1. The number of imidazole rings is 1. The Bertz CT molecular complexity index is 1700. The fourth-order valence-electron chi connectivity index (χ4n) is 4.25. The van der Waals surface area contributed by atoms with Crippen molar-refractivity contribution >= 4 is 44.1 Å². The van der Waals surface area contributed by atoms with Crippen molar-refractivity contribution in [2.45, 2.75) is 33.2 Å². The molecule has 0 aliphatic heterocycles. The lowest BCUT2D eigenvalue weighted by Gasteiger charge is -2.07. The molecule has 0 bridgehead atoms. The maximum atomic E-state index is 13.8. The number of thiazole rings is 1. The van der Waals surface area contributed by atoms with Gasteiger partial charge in [0, 0.05) is 31.0 Å². The van der Waals surface area contributed by atoms with Gasteiger partial charge in [-0.3, -0.25) is 14.0 Å². The molecule has 0 saturated carbocycles. The molecule has 2 aromatic carbocycles. The number of nitrogens with one attached hydrogen (secondary N) is 1. The van der Waals surface area contributed by atoms with Gasteiger partial charge in [-0.1, -0.05) is 31.3 Å². The molecule has 214 valence electrons. The van der Waals surface area contributed by atoms with Gasteiger partial charge in [-0.15, -0.1) is 0 Å². The lowest BCUT2D eigenvalue weighted by Crippen LogP contribution is -2.23. The monoisotopic (exact) mass is 580 g/mol. The summed E-state index contributed by atoms with van der Waals surface area (Å²) in [6, 6.07) is 11.4. The van der Waals surface area contributed by atoms with Gasteiger partial charge in [0.1, 0.15) is 23.0 Å². The van der Waals surface area contributed by atoms with Crippen LogP contribution in [0.5, 0.6) is 0 Å². The highest BCUT2D eigenvalue weighted by Crippen LogP contribution is 2.28. The molecule has 3 aromatic heterocycles. The standard InChI is InChI=1S/C23H16F2N6O2S.C6H14O/c24-13-7-12(8-14(25)9-13)18-19(20(26)32)31-5-1-2-15(21(31)30-18)22(33)28-10-11-3-4-16-17(6-11)34-23(27)29-16;1-6(2)4-3-5-7/h1-9H,10H2,(H2,26,32)(H2,27,29)(H,28,33);6-7H,3-5H2,1-2H3. The van der Waals surface area contributed by atoms with E-state index in [1.807, 2.05) is 18.2 Å². The molecule has 41 heavy (non-hydrogen) atoms. The summed E-state index contributed by atoms with van der Waals surface area (Å²) in [6.45, 7) is 4.89. The van der Waals surface area contributed by atoms with Gasteiger partial charge >= 0.3 is 0 Å². The van der Waals surface area contributed by atoms with E-state index in [4.69, 9.17) is 16.6 Å². The number of hydrogen-bond acceptors (Lipinski definition) is 7. The molecule has 9 nitrogen and oxygen atoms in total. The maximum absolute atomic E-state index is 13.8. The average Bonchev–Trinajstić information content (AvgIpc) is 3.49. The molecule has 0 aliphatic rings. The van der Waals surface area contributed by atoms with Crippen LogP contribution in [0.3, 0.4) is 0 Å². The van der Waals surface area contributed by atoms with Gasteiger partial charge in [0.15, 0.2) is 10.8 Å². The number of nitrogens with zero attached hydrogens (tertiary/aromatic N) is 3. The summed E-state index contributed by atoms with van der Waals surface area (Å²) in [4.78, 5) is 33.8. The number of halogens is 2. The molecule has 12 heteroatoms. The summed E-state index contributed by atoms with van der Waals surface area (Å²) in [5, 5.41) is 11.6. The van der Waals surface area contributed by atoms with Crippen LogP contribution in [0.2, 0.25) is 0 Å². The molecule has 0 radical (unpaired) electrons. The second kappa shape index (κ2) is 12.8. The number of aliphatic hydroxyl groups is 1. The lowest BCUT2D eigenvalue weighted by molar-refractivity contribution is 0.0949. The molecule has 2 amide bonds. The second-order valence-electron chi connectivity index (χ2n) is 9.74. The number of pyridine rings is 1. The number of benzene rings is 2. The molecule has 5 aromatic rings. The van der Waals surface area contributed by atoms with Crippen molar-refractivity contribution in [1.29, 1.82) is 0 Å². The number of aromatic nitrogens is 3. The van der Waals surface area contributed by atoms with Gasteiger partial charge in [0.05, 0.1) is 15.8 Å². The first-order valence-corrected chi connectivity index (χ1v) is 13.7. The third-order valence-electron chi connectivity index (χ3n) is 6.13. The van der Waals surface area contributed by atoms with E-state index in [2.05, 4.69) is 29.1 Å². The summed E-state index contributed by atoms with van der Waals surface area (Å²) < 4.78 is 29.8. The van der Waals surface area contributed by atoms with Crippen molar-refractivity contribution in [2.75, 3.05) is 12.3 Å². The van der Waals surface area contributed by atoms with Gasteiger partial charge in [-0.05, 0) is 60.7 Å². The average molecular weight is 581 g/mol. The van der Waals surface area contributed by atoms with Gasteiger partial charge in [-0.25, -0.2) is 18.7 Å². The van der Waals surface area contributed by atoms with Crippen LogP contribution < -0.4 is 16.8 Å². The van der Waals surface area contributed by atoms with E-state index in [1.54, 1.807) is 6.07 Å². The highest BCUT2D eigenvalue weighted by Gasteiger charge is 2.23. The molecular formula is C29H30F2N6O3S. The molecule has 0 atom stereocenters. The second-order valence-corrected chi connectivity index (χ2v) is 10.8. The molecule has 0 unspecified atom stereocenters. The van der Waals surface area contributed by atoms with E-state index in [-0.39, 0.29) is 34.7 Å². The molecule has 0 fully saturated rings. The van der Waals surface area contributed by atoms with Crippen molar-refractivity contribution in [1.82, 2.24) is 19.7 Å². The van der Waals surface area contributed by atoms with Gasteiger partial charge < -0.3 is 21.9 Å².